The minimum atomic E-state index is -4.22. The average molecular weight is 406 g/mol. The lowest BCUT2D eigenvalue weighted by atomic mass is 9.98. The standard InChI is InChI=1S/C14H17BrF4N2.ClH/c15-10-1-2-11(12(16)9-10)13(3-4-14(17,18)19)21-7-5-20-6-8-21;/h1-2,9,13,20H,3-8H2;1H/t13-;/m1./s1. The maximum absolute atomic E-state index is 14.1. The van der Waals surface area contributed by atoms with Crippen LogP contribution in [0.25, 0.3) is 0 Å². The van der Waals surface area contributed by atoms with E-state index in [0.29, 0.717) is 36.2 Å². The first-order valence-electron chi connectivity index (χ1n) is 6.83. The summed E-state index contributed by atoms with van der Waals surface area (Å²) in [6.45, 7) is 2.66. The number of rotatable bonds is 4. The highest BCUT2D eigenvalue weighted by Crippen LogP contribution is 2.33. The van der Waals surface area contributed by atoms with E-state index in [2.05, 4.69) is 21.2 Å². The Kier molecular flexibility index (Phi) is 7.58. The highest BCUT2D eigenvalue weighted by Gasteiger charge is 2.32. The third-order valence-electron chi connectivity index (χ3n) is 3.62. The lowest BCUT2D eigenvalue weighted by Crippen LogP contribution is -2.45. The van der Waals surface area contributed by atoms with E-state index >= 15 is 0 Å². The van der Waals surface area contributed by atoms with Crippen molar-refractivity contribution in [3.8, 4) is 0 Å². The van der Waals surface area contributed by atoms with Gasteiger partial charge in [0.2, 0.25) is 0 Å². The molecular weight excluding hydrogens is 388 g/mol. The number of alkyl halides is 3. The van der Waals surface area contributed by atoms with E-state index in [-0.39, 0.29) is 18.8 Å². The summed E-state index contributed by atoms with van der Waals surface area (Å²) in [6.07, 6.45) is -5.25. The highest BCUT2D eigenvalue weighted by atomic mass is 79.9. The van der Waals surface area contributed by atoms with Gasteiger partial charge in [0.15, 0.2) is 0 Å². The van der Waals surface area contributed by atoms with Crippen LogP contribution in [0.2, 0.25) is 0 Å². The van der Waals surface area contributed by atoms with Crippen LogP contribution in [0, 0.1) is 5.82 Å². The first kappa shape index (κ1) is 19.7. The molecule has 126 valence electrons. The Bertz CT molecular complexity index is 478. The van der Waals surface area contributed by atoms with Crippen LogP contribution in [0.4, 0.5) is 17.6 Å². The van der Waals surface area contributed by atoms with Gasteiger partial charge in [0.05, 0.1) is 0 Å². The zero-order chi connectivity index (χ0) is 15.5. The second kappa shape index (κ2) is 8.47. The summed E-state index contributed by atoms with van der Waals surface area (Å²) in [6, 6.07) is 4.00. The predicted octanol–water partition coefficient (Wildman–Crippen LogP) is 4.30. The van der Waals surface area contributed by atoms with Gasteiger partial charge in [-0.15, -0.1) is 12.4 Å². The van der Waals surface area contributed by atoms with E-state index in [4.69, 9.17) is 0 Å². The van der Waals surface area contributed by atoms with Crippen LogP contribution in [-0.2, 0) is 0 Å². The van der Waals surface area contributed by atoms with Gasteiger partial charge in [-0.3, -0.25) is 4.90 Å². The summed E-state index contributed by atoms with van der Waals surface area (Å²) in [5.41, 5.74) is 0.337. The normalized spacial score (nSPS) is 17.9. The molecule has 1 fully saturated rings. The molecule has 0 aromatic heterocycles. The van der Waals surface area contributed by atoms with E-state index in [1.54, 1.807) is 12.1 Å². The third kappa shape index (κ3) is 5.68. The Morgan fingerprint density at radius 3 is 2.41 bits per heavy atom. The molecule has 2 nitrogen and oxygen atoms in total. The summed E-state index contributed by atoms with van der Waals surface area (Å²) in [5.74, 6) is -0.463. The molecule has 1 aliphatic rings. The predicted molar refractivity (Wildman–Crippen MR) is 83.8 cm³/mol. The molecule has 0 aliphatic carbocycles. The summed E-state index contributed by atoms with van der Waals surface area (Å²) < 4.78 is 52.3. The van der Waals surface area contributed by atoms with Gasteiger partial charge < -0.3 is 5.32 Å². The monoisotopic (exact) mass is 404 g/mol. The van der Waals surface area contributed by atoms with Gasteiger partial charge in [0, 0.05) is 48.7 Å². The van der Waals surface area contributed by atoms with Crippen LogP contribution in [0.3, 0.4) is 0 Å². The summed E-state index contributed by atoms with van der Waals surface area (Å²) in [7, 11) is 0. The number of nitrogens with zero attached hydrogens (tertiary/aromatic N) is 1. The number of halogens is 6. The van der Waals surface area contributed by atoms with Crippen molar-refractivity contribution in [2.24, 2.45) is 0 Å². The fraction of sp³-hybridized carbons (Fsp3) is 0.571. The Morgan fingerprint density at radius 1 is 1.23 bits per heavy atom. The molecule has 0 spiro atoms. The molecule has 1 aromatic rings. The van der Waals surface area contributed by atoms with E-state index in [0.717, 1.165) is 0 Å². The fourth-order valence-electron chi connectivity index (χ4n) is 2.60. The molecule has 0 bridgehead atoms. The van der Waals surface area contributed by atoms with Crippen molar-refractivity contribution in [2.75, 3.05) is 26.2 Å². The van der Waals surface area contributed by atoms with Gasteiger partial charge in [0.1, 0.15) is 5.82 Å². The van der Waals surface area contributed by atoms with Crippen molar-refractivity contribution < 1.29 is 17.6 Å². The lowest BCUT2D eigenvalue weighted by molar-refractivity contribution is -0.138. The van der Waals surface area contributed by atoms with Crippen molar-refractivity contribution in [1.82, 2.24) is 10.2 Å². The topological polar surface area (TPSA) is 15.3 Å². The van der Waals surface area contributed by atoms with E-state index in [1.807, 2.05) is 4.90 Å². The van der Waals surface area contributed by atoms with Crippen LogP contribution in [0.1, 0.15) is 24.4 Å². The smallest absolute Gasteiger partial charge is 0.314 e. The molecule has 1 heterocycles. The van der Waals surface area contributed by atoms with Gasteiger partial charge in [-0.25, -0.2) is 4.39 Å². The number of nitrogens with one attached hydrogen (secondary N) is 1. The molecule has 0 radical (unpaired) electrons. The quantitative estimate of drug-likeness (QED) is 0.752. The molecule has 22 heavy (non-hydrogen) atoms. The Balaban J connectivity index is 0.00000242. The van der Waals surface area contributed by atoms with E-state index < -0.39 is 24.5 Å². The SMILES string of the molecule is Cl.Fc1cc(Br)ccc1[C@@H](CCC(F)(F)F)N1CCNCC1. The summed E-state index contributed by atoms with van der Waals surface area (Å²) in [5, 5.41) is 3.15. The molecule has 0 amide bonds. The average Bonchev–Trinajstić information content (AvgIpc) is 2.41. The maximum atomic E-state index is 14.1. The zero-order valence-corrected chi connectivity index (χ0v) is 14.2. The van der Waals surface area contributed by atoms with Gasteiger partial charge in [-0.05, 0) is 18.6 Å². The van der Waals surface area contributed by atoms with Crippen molar-refractivity contribution in [1.29, 1.82) is 0 Å². The fourth-order valence-corrected chi connectivity index (χ4v) is 2.93. The van der Waals surface area contributed by atoms with Gasteiger partial charge >= 0.3 is 6.18 Å². The molecule has 1 aromatic carbocycles. The molecular formula is C14H18BrClF4N2. The molecule has 1 aliphatic heterocycles. The van der Waals surface area contributed by atoms with Crippen molar-refractivity contribution in [3.63, 3.8) is 0 Å². The summed E-state index contributed by atoms with van der Waals surface area (Å²) >= 11 is 3.17. The molecule has 1 saturated heterocycles. The number of hydrogen-bond donors (Lipinski definition) is 1. The molecule has 0 saturated carbocycles. The van der Waals surface area contributed by atoms with Crippen molar-refractivity contribution in [3.05, 3.63) is 34.1 Å². The Hall–Kier alpha value is -0.370. The minimum absolute atomic E-state index is 0. The van der Waals surface area contributed by atoms with Crippen molar-refractivity contribution in [2.45, 2.75) is 25.1 Å². The third-order valence-corrected chi connectivity index (χ3v) is 4.11. The first-order chi connectivity index (χ1) is 9.87. The number of piperazine rings is 1. The molecule has 1 atom stereocenters. The van der Waals surface area contributed by atoms with Crippen LogP contribution >= 0.6 is 28.3 Å². The zero-order valence-electron chi connectivity index (χ0n) is 11.8. The van der Waals surface area contributed by atoms with Crippen LogP contribution in [0.5, 0.6) is 0 Å². The molecule has 1 N–H and O–H groups in total. The molecule has 2 rings (SSSR count). The molecule has 8 heteroatoms. The molecule has 0 unspecified atom stereocenters. The second-order valence-electron chi connectivity index (χ2n) is 5.12. The van der Waals surface area contributed by atoms with Crippen LogP contribution < -0.4 is 5.32 Å². The van der Waals surface area contributed by atoms with Crippen LogP contribution in [0.15, 0.2) is 22.7 Å². The highest BCUT2D eigenvalue weighted by molar-refractivity contribution is 9.10. The van der Waals surface area contributed by atoms with E-state index in [9.17, 15) is 17.6 Å². The van der Waals surface area contributed by atoms with E-state index in [1.165, 1.54) is 6.07 Å². The van der Waals surface area contributed by atoms with Crippen LogP contribution in [-0.4, -0.2) is 37.3 Å². The maximum Gasteiger partial charge on any atom is 0.389 e. The largest absolute Gasteiger partial charge is 0.389 e. The van der Waals surface area contributed by atoms with Crippen molar-refractivity contribution >= 4 is 28.3 Å². The van der Waals surface area contributed by atoms with Gasteiger partial charge in [-0.1, -0.05) is 22.0 Å². The Labute approximate surface area is 141 Å². The number of benzene rings is 1. The van der Waals surface area contributed by atoms with Gasteiger partial charge in [0.25, 0.3) is 0 Å². The number of hydrogen-bond acceptors (Lipinski definition) is 2. The minimum Gasteiger partial charge on any atom is -0.314 e. The summed E-state index contributed by atoms with van der Waals surface area (Å²) in [4.78, 5) is 1.93. The van der Waals surface area contributed by atoms with Gasteiger partial charge in [-0.2, -0.15) is 13.2 Å². The lowest BCUT2D eigenvalue weighted by Gasteiger charge is -2.35. The second-order valence-corrected chi connectivity index (χ2v) is 6.04. The first-order valence-corrected chi connectivity index (χ1v) is 7.62. The Morgan fingerprint density at radius 2 is 1.86 bits per heavy atom.